The summed E-state index contributed by atoms with van der Waals surface area (Å²) in [6.45, 7) is 4.58. The fraction of sp³-hybridized carbons (Fsp3) is 0.462. The van der Waals surface area contributed by atoms with Crippen LogP contribution in [0.15, 0.2) is 21.5 Å². The maximum absolute atomic E-state index is 12.7. The van der Waals surface area contributed by atoms with Gasteiger partial charge in [-0.2, -0.15) is 0 Å². The van der Waals surface area contributed by atoms with Gasteiger partial charge in [0, 0.05) is 16.6 Å². The molecule has 8 heteroatoms. The molecule has 1 saturated heterocycles. The Bertz CT molecular complexity index is 704. The summed E-state index contributed by atoms with van der Waals surface area (Å²) < 4.78 is 23.6. The fourth-order valence-electron chi connectivity index (χ4n) is 2.56. The Morgan fingerprint density at radius 1 is 1.43 bits per heavy atom. The Morgan fingerprint density at radius 3 is 2.52 bits per heavy atom. The summed E-state index contributed by atoms with van der Waals surface area (Å²) in [6.07, 6.45) is 1.80. The highest BCUT2D eigenvalue weighted by molar-refractivity contribution is 9.10. The van der Waals surface area contributed by atoms with E-state index in [9.17, 15) is 13.2 Å². The third kappa shape index (κ3) is 3.26. The van der Waals surface area contributed by atoms with Gasteiger partial charge in [0.25, 0.3) is 5.91 Å². The van der Waals surface area contributed by atoms with Crippen LogP contribution in [0.4, 0.5) is 0 Å². The van der Waals surface area contributed by atoms with Gasteiger partial charge >= 0.3 is 0 Å². The first-order valence-corrected chi connectivity index (χ1v) is 9.09. The van der Waals surface area contributed by atoms with E-state index in [1.807, 2.05) is 13.8 Å². The summed E-state index contributed by atoms with van der Waals surface area (Å²) in [4.78, 5) is 14.2. The van der Waals surface area contributed by atoms with E-state index in [1.54, 1.807) is 4.90 Å². The lowest BCUT2D eigenvalue weighted by Crippen LogP contribution is -2.42. The van der Waals surface area contributed by atoms with Gasteiger partial charge in [0.2, 0.25) is 10.0 Å². The van der Waals surface area contributed by atoms with Gasteiger partial charge in [-0.3, -0.25) is 4.79 Å². The molecule has 116 valence electrons. The Kier molecular flexibility index (Phi) is 4.41. The number of sulfonamides is 1. The average molecular weight is 396 g/mol. The van der Waals surface area contributed by atoms with Gasteiger partial charge in [-0.05, 0) is 38.8 Å². The van der Waals surface area contributed by atoms with Crippen LogP contribution in [-0.4, -0.2) is 31.3 Å². The molecule has 2 rings (SSSR count). The Labute approximate surface area is 137 Å². The zero-order valence-electron chi connectivity index (χ0n) is 11.7. The number of likely N-dealkylation sites (tertiary alicyclic amines) is 1. The summed E-state index contributed by atoms with van der Waals surface area (Å²) in [6, 6.07) is 2.82. The monoisotopic (exact) mass is 394 g/mol. The van der Waals surface area contributed by atoms with E-state index in [2.05, 4.69) is 15.9 Å². The number of hydrogen-bond acceptors (Lipinski definition) is 3. The van der Waals surface area contributed by atoms with Gasteiger partial charge in [0.1, 0.15) is 4.90 Å². The highest BCUT2D eigenvalue weighted by Crippen LogP contribution is 2.34. The van der Waals surface area contributed by atoms with Crippen molar-refractivity contribution in [1.29, 1.82) is 0 Å². The van der Waals surface area contributed by atoms with Crippen molar-refractivity contribution in [2.45, 2.75) is 37.1 Å². The van der Waals surface area contributed by atoms with E-state index in [-0.39, 0.29) is 26.9 Å². The Morgan fingerprint density at radius 2 is 2.05 bits per heavy atom. The minimum atomic E-state index is -4.00. The summed E-state index contributed by atoms with van der Waals surface area (Å²) in [5.41, 5.74) is -0.130. The maximum Gasteiger partial charge on any atom is 0.255 e. The van der Waals surface area contributed by atoms with Crippen LogP contribution in [0, 0.1) is 0 Å². The molecule has 0 unspecified atom stereocenters. The van der Waals surface area contributed by atoms with Gasteiger partial charge in [-0.15, -0.1) is 0 Å². The number of nitrogens with zero attached hydrogens (tertiary/aromatic N) is 1. The summed E-state index contributed by atoms with van der Waals surface area (Å²) >= 11 is 9.30. The van der Waals surface area contributed by atoms with Crippen LogP contribution in [0.5, 0.6) is 0 Å². The molecule has 1 fully saturated rings. The predicted molar refractivity (Wildman–Crippen MR) is 84.9 cm³/mol. The number of carbonyl (C=O) groups excluding carboxylic acids is 1. The number of halogens is 2. The molecule has 2 N–H and O–H groups in total. The number of hydrogen-bond donors (Lipinski definition) is 1. The lowest BCUT2D eigenvalue weighted by Gasteiger charge is -2.32. The van der Waals surface area contributed by atoms with Crippen LogP contribution >= 0.6 is 27.5 Å². The molecule has 1 aliphatic heterocycles. The SMILES string of the molecule is CC1(C)CCCN1C(=O)c1cc(Br)cc(S(N)(=O)=O)c1Cl. The van der Waals surface area contributed by atoms with Gasteiger partial charge in [0.15, 0.2) is 0 Å². The molecular weight excluding hydrogens is 380 g/mol. The second kappa shape index (κ2) is 5.53. The predicted octanol–water partition coefficient (Wildman–Crippen LogP) is 2.76. The van der Waals surface area contributed by atoms with Crippen LogP contribution in [0.3, 0.4) is 0 Å². The van der Waals surface area contributed by atoms with Gasteiger partial charge in [-0.25, -0.2) is 13.6 Å². The molecule has 0 aliphatic carbocycles. The van der Waals surface area contributed by atoms with E-state index in [4.69, 9.17) is 16.7 Å². The van der Waals surface area contributed by atoms with Gasteiger partial charge in [0.05, 0.1) is 10.6 Å². The van der Waals surface area contributed by atoms with Crippen LogP contribution < -0.4 is 5.14 Å². The van der Waals surface area contributed by atoms with E-state index < -0.39 is 10.0 Å². The molecule has 0 atom stereocenters. The van der Waals surface area contributed by atoms with Crippen molar-refractivity contribution in [3.8, 4) is 0 Å². The molecule has 1 aromatic rings. The molecule has 1 aliphatic rings. The molecule has 1 amide bonds. The van der Waals surface area contributed by atoms with Crippen LogP contribution in [0.1, 0.15) is 37.0 Å². The summed E-state index contributed by atoms with van der Waals surface area (Å²) in [7, 11) is -4.00. The lowest BCUT2D eigenvalue weighted by atomic mass is 10.0. The molecule has 0 radical (unpaired) electrons. The minimum Gasteiger partial charge on any atom is -0.333 e. The second-order valence-corrected chi connectivity index (χ2v) is 8.51. The van der Waals surface area contributed by atoms with Crippen LogP contribution in [0.2, 0.25) is 5.02 Å². The number of benzene rings is 1. The number of amides is 1. The van der Waals surface area contributed by atoms with Crippen molar-refractivity contribution in [3.05, 3.63) is 27.2 Å². The van der Waals surface area contributed by atoms with Crippen molar-refractivity contribution in [1.82, 2.24) is 4.90 Å². The normalized spacial score (nSPS) is 18.0. The van der Waals surface area contributed by atoms with Crippen LogP contribution in [0.25, 0.3) is 0 Å². The fourth-order valence-corrected chi connectivity index (χ4v) is 4.33. The largest absolute Gasteiger partial charge is 0.333 e. The first-order valence-electron chi connectivity index (χ1n) is 6.38. The Hall–Kier alpha value is -0.630. The molecule has 0 aromatic heterocycles. The van der Waals surface area contributed by atoms with E-state index in [0.717, 1.165) is 12.8 Å². The third-order valence-corrected chi connectivity index (χ3v) is 5.60. The molecule has 0 saturated carbocycles. The van der Waals surface area contributed by atoms with Crippen molar-refractivity contribution in [2.75, 3.05) is 6.54 Å². The standard InChI is InChI=1S/C13H16BrClN2O3S/c1-13(2)4-3-5-17(13)12(18)9-6-8(14)7-10(11(9)15)21(16,19)20/h6-7H,3-5H2,1-2H3,(H2,16,19,20). The molecule has 1 heterocycles. The summed E-state index contributed by atoms with van der Waals surface area (Å²) in [5.74, 6) is -0.284. The molecular formula is C13H16BrClN2O3S. The molecule has 1 aromatic carbocycles. The number of nitrogens with two attached hydrogens (primary N) is 1. The second-order valence-electron chi connectivity index (χ2n) is 5.68. The summed E-state index contributed by atoms with van der Waals surface area (Å²) in [5, 5.41) is 5.01. The molecule has 0 spiro atoms. The quantitative estimate of drug-likeness (QED) is 0.836. The van der Waals surface area contributed by atoms with Gasteiger partial charge < -0.3 is 4.90 Å². The number of rotatable bonds is 2. The first kappa shape index (κ1) is 16.7. The van der Waals surface area contributed by atoms with Crippen LogP contribution in [-0.2, 0) is 10.0 Å². The Balaban J connectivity index is 2.55. The van der Waals surface area contributed by atoms with Crippen molar-refractivity contribution < 1.29 is 13.2 Å². The number of carbonyl (C=O) groups is 1. The van der Waals surface area contributed by atoms with E-state index in [1.165, 1.54) is 12.1 Å². The van der Waals surface area contributed by atoms with Gasteiger partial charge in [-0.1, -0.05) is 27.5 Å². The zero-order chi connectivity index (χ0) is 16.0. The van der Waals surface area contributed by atoms with Crippen molar-refractivity contribution in [2.24, 2.45) is 5.14 Å². The highest BCUT2D eigenvalue weighted by Gasteiger charge is 2.37. The first-order chi connectivity index (χ1) is 9.54. The molecule has 5 nitrogen and oxygen atoms in total. The minimum absolute atomic E-state index is 0.131. The molecule has 21 heavy (non-hydrogen) atoms. The smallest absolute Gasteiger partial charge is 0.255 e. The number of primary sulfonamides is 1. The topological polar surface area (TPSA) is 80.5 Å². The lowest BCUT2D eigenvalue weighted by molar-refractivity contribution is 0.0652. The van der Waals surface area contributed by atoms with Crippen molar-refractivity contribution >= 4 is 43.5 Å². The molecule has 0 bridgehead atoms. The highest BCUT2D eigenvalue weighted by atomic mass is 79.9. The van der Waals surface area contributed by atoms with E-state index in [0.29, 0.717) is 11.0 Å². The zero-order valence-corrected chi connectivity index (χ0v) is 14.8. The third-order valence-electron chi connectivity index (χ3n) is 3.69. The maximum atomic E-state index is 12.7. The average Bonchev–Trinajstić information content (AvgIpc) is 2.69. The van der Waals surface area contributed by atoms with E-state index >= 15 is 0 Å². The van der Waals surface area contributed by atoms with Crippen molar-refractivity contribution in [3.63, 3.8) is 0 Å².